The van der Waals surface area contributed by atoms with Crippen LogP contribution in [0.5, 0.6) is 0 Å². The first-order valence-electron chi connectivity index (χ1n) is 15.5. The van der Waals surface area contributed by atoms with Gasteiger partial charge in [-0.15, -0.1) is 6.42 Å². The van der Waals surface area contributed by atoms with Crippen LogP contribution >= 0.6 is 0 Å². The molecule has 1 aliphatic heterocycles. The Morgan fingerprint density at radius 1 is 1.07 bits per heavy atom. The summed E-state index contributed by atoms with van der Waals surface area (Å²) < 4.78 is 1.78. The van der Waals surface area contributed by atoms with E-state index in [1.165, 1.54) is 0 Å². The van der Waals surface area contributed by atoms with Crippen molar-refractivity contribution in [1.29, 1.82) is 0 Å². The number of nitrogens with one attached hydrogen (secondary N) is 1. The molecule has 0 radical (unpaired) electrons. The minimum absolute atomic E-state index is 0.0920. The van der Waals surface area contributed by atoms with Crippen molar-refractivity contribution in [2.45, 2.75) is 57.5 Å². The van der Waals surface area contributed by atoms with Gasteiger partial charge in [0.15, 0.2) is 0 Å². The Labute approximate surface area is 259 Å². The van der Waals surface area contributed by atoms with E-state index in [2.05, 4.69) is 63.6 Å². The molecular formula is C37H38N6O. The fourth-order valence-corrected chi connectivity index (χ4v) is 6.54. The van der Waals surface area contributed by atoms with Crippen LogP contribution in [0.2, 0.25) is 0 Å². The predicted molar refractivity (Wildman–Crippen MR) is 175 cm³/mol. The van der Waals surface area contributed by atoms with Crippen LogP contribution in [0.25, 0.3) is 17.0 Å². The van der Waals surface area contributed by atoms with Gasteiger partial charge < -0.3 is 5.32 Å². The van der Waals surface area contributed by atoms with Crippen LogP contribution in [0.3, 0.4) is 0 Å². The van der Waals surface area contributed by atoms with Gasteiger partial charge in [-0.3, -0.25) is 14.5 Å². The second kappa shape index (κ2) is 13.2. The van der Waals surface area contributed by atoms with Gasteiger partial charge in [-0.25, -0.2) is 9.97 Å². The molecule has 3 heterocycles. The second-order valence-corrected chi connectivity index (χ2v) is 12.0. The van der Waals surface area contributed by atoms with Crippen LogP contribution < -0.4 is 5.32 Å². The van der Waals surface area contributed by atoms with Gasteiger partial charge >= 0.3 is 0 Å². The van der Waals surface area contributed by atoms with Crippen molar-refractivity contribution < 1.29 is 4.79 Å². The summed E-state index contributed by atoms with van der Waals surface area (Å²) in [5.74, 6) is 4.11. The molecule has 2 aromatic heterocycles. The van der Waals surface area contributed by atoms with E-state index in [0.29, 0.717) is 18.0 Å². The molecule has 0 bridgehead atoms. The summed E-state index contributed by atoms with van der Waals surface area (Å²) in [6.07, 6.45) is 18.1. The molecule has 222 valence electrons. The highest BCUT2D eigenvalue weighted by Gasteiger charge is 2.33. The fourth-order valence-electron chi connectivity index (χ4n) is 6.54. The molecule has 6 rings (SSSR count). The summed E-state index contributed by atoms with van der Waals surface area (Å²) in [5.41, 5.74) is 6.74. The van der Waals surface area contributed by atoms with E-state index in [1.807, 2.05) is 49.7 Å². The first-order valence-corrected chi connectivity index (χ1v) is 15.5. The molecule has 0 saturated heterocycles. The first-order chi connectivity index (χ1) is 21.5. The topological polar surface area (TPSA) is 85.1 Å². The normalized spacial score (nSPS) is 20.1. The molecule has 1 aliphatic carbocycles. The van der Waals surface area contributed by atoms with Gasteiger partial charge in [-0.1, -0.05) is 66.6 Å². The van der Waals surface area contributed by atoms with Crippen molar-refractivity contribution in [3.05, 3.63) is 107 Å². The first kappa shape index (κ1) is 29.3. The van der Waals surface area contributed by atoms with Gasteiger partial charge in [0, 0.05) is 38.6 Å². The molecule has 4 aromatic rings. The lowest BCUT2D eigenvalue weighted by atomic mass is 9.72. The van der Waals surface area contributed by atoms with Crippen molar-refractivity contribution in [1.82, 2.24) is 25.1 Å². The molecule has 7 heteroatoms. The van der Waals surface area contributed by atoms with Crippen molar-refractivity contribution in [3.8, 4) is 23.7 Å². The van der Waals surface area contributed by atoms with E-state index < -0.39 is 0 Å². The molecular weight excluding hydrogens is 544 g/mol. The van der Waals surface area contributed by atoms with Crippen molar-refractivity contribution in [3.63, 3.8) is 0 Å². The zero-order valence-electron chi connectivity index (χ0n) is 25.4. The van der Waals surface area contributed by atoms with E-state index >= 15 is 0 Å². The lowest BCUT2D eigenvalue weighted by molar-refractivity contribution is -0.124. The minimum Gasteiger partial charge on any atom is -0.351 e. The van der Waals surface area contributed by atoms with Crippen LogP contribution in [0.1, 0.15) is 66.6 Å². The maximum Gasteiger partial charge on any atom is 0.228 e. The number of carbonyl (C=O) groups excluding carboxylic acids is 1. The minimum atomic E-state index is -0.207. The number of hydrogen-bond acceptors (Lipinski definition) is 5. The molecule has 1 amide bonds. The third-order valence-electron chi connectivity index (χ3n) is 8.96. The SMILES string of the molecule is C#Cc1cnc(C[C@H]2CC[C@H](C(C(=O)NCc3ccccc3)c3ccc(C4=CC(C)N=C4)cc3)CC2)nc1-c1ccnn1C. The Kier molecular flexibility index (Phi) is 8.79. The number of aryl methyl sites for hydroxylation is 1. The summed E-state index contributed by atoms with van der Waals surface area (Å²) in [4.78, 5) is 27.8. The standard InChI is InChI=1S/C37H38N6O/c1-4-28-23-39-34(42-36(28)33-18-19-41-43(33)3)21-26-10-12-30(13-11-26)35(37(44)40-22-27-8-6-5-7-9-27)31-16-14-29(15-17-31)32-20-25(2)38-24-32/h1,5-9,14-20,23-26,30,35H,10-13,21-22H2,2-3H3,(H,40,44)/t25?,26-,30-,35?. The van der Waals surface area contributed by atoms with Crippen molar-refractivity contribution in [2.75, 3.05) is 0 Å². The van der Waals surface area contributed by atoms with Crippen LogP contribution in [0, 0.1) is 24.2 Å². The highest BCUT2D eigenvalue weighted by molar-refractivity contribution is 6.11. The van der Waals surface area contributed by atoms with Gasteiger partial charge in [0.2, 0.25) is 5.91 Å². The Morgan fingerprint density at radius 3 is 2.50 bits per heavy atom. The Bertz CT molecular complexity index is 1700. The number of benzene rings is 2. The van der Waals surface area contributed by atoms with Crippen LogP contribution in [-0.2, 0) is 24.8 Å². The van der Waals surface area contributed by atoms with Gasteiger partial charge in [-0.05, 0) is 72.8 Å². The Morgan fingerprint density at radius 2 is 1.84 bits per heavy atom. The summed E-state index contributed by atoms with van der Waals surface area (Å²) in [5, 5.41) is 7.52. The number of aliphatic imine (C=N–C) groups is 1. The number of rotatable bonds is 9. The van der Waals surface area contributed by atoms with Crippen LogP contribution in [0.4, 0.5) is 0 Å². The molecule has 44 heavy (non-hydrogen) atoms. The maximum atomic E-state index is 13.8. The van der Waals surface area contributed by atoms with Gasteiger partial charge in [0.1, 0.15) is 11.5 Å². The van der Waals surface area contributed by atoms with E-state index in [4.69, 9.17) is 11.4 Å². The van der Waals surface area contributed by atoms with Gasteiger partial charge in [-0.2, -0.15) is 5.10 Å². The average Bonchev–Trinajstić information content (AvgIpc) is 3.69. The number of carbonyl (C=O) groups is 1. The molecule has 1 N–H and O–H groups in total. The summed E-state index contributed by atoms with van der Waals surface area (Å²) >= 11 is 0. The van der Waals surface area contributed by atoms with E-state index in [9.17, 15) is 4.79 Å². The molecule has 2 unspecified atom stereocenters. The molecule has 0 spiro atoms. The van der Waals surface area contributed by atoms with E-state index in [0.717, 1.165) is 71.6 Å². The van der Waals surface area contributed by atoms with Crippen LogP contribution in [0.15, 0.2) is 84.1 Å². The lowest BCUT2D eigenvalue weighted by Gasteiger charge is -2.33. The third-order valence-corrected chi connectivity index (χ3v) is 8.96. The zero-order valence-corrected chi connectivity index (χ0v) is 25.4. The number of nitrogens with zero attached hydrogens (tertiary/aromatic N) is 5. The molecule has 2 atom stereocenters. The molecule has 7 nitrogen and oxygen atoms in total. The Hall–Kier alpha value is -4.83. The molecule has 2 aliphatic rings. The monoisotopic (exact) mass is 582 g/mol. The number of aromatic nitrogens is 4. The van der Waals surface area contributed by atoms with Gasteiger partial charge in [0.25, 0.3) is 0 Å². The average molecular weight is 583 g/mol. The smallest absolute Gasteiger partial charge is 0.228 e. The molecule has 2 aromatic carbocycles. The number of terminal acetylenes is 1. The van der Waals surface area contributed by atoms with Crippen molar-refractivity contribution in [2.24, 2.45) is 23.9 Å². The lowest BCUT2D eigenvalue weighted by Crippen LogP contribution is -2.35. The highest BCUT2D eigenvalue weighted by Crippen LogP contribution is 2.40. The molecule has 1 fully saturated rings. The van der Waals surface area contributed by atoms with E-state index in [-0.39, 0.29) is 23.8 Å². The largest absolute Gasteiger partial charge is 0.351 e. The molecule has 1 saturated carbocycles. The fraction of sp³-hybridized carbons (Fsp3) is 0.324. The number of hydrogen-bond donors (Lipinski definition) is 1. The highest BCUT2D eigenvalue weighted by atomic mass is 16.1. The zero-order chi connectivity index (χ0) is 30.5. The van der Waals surface area contributed by atoms with Crippen LogP contribution in [-0.4, -0.2) is 37.9 Å². The van der Waals surface area contributed by atoms with Crippen molar-refractivity contribution >= 4 is 17.7 Å². The summed E-state index contributed by atoms with van der Waals surface area (Å²) in [6.45, 7) is 2.61. The van der Waals surface area contributed by atoms with E-state index in [1.54, 1.807) is 17.1 Å². The third kappa shape index (κ3) is 6.55. The quantitative estimate of drug-likeness (QED) is 0.240. The number of amides is 1. The van der Waals surface area contributed by atoms with Gasteiger partial charge in [0.05, 0.1) is 23.2 Å². The Balaban J connectivity index is 1.16. The maximum absolute atomic E-state index is 13.8. The number of allylic oxidation sites excluding steroid dienone is 1. The second-order valence-electron chi connectivity index (χ2n) is 12.0. The predicted octanol–water partition coefficient (Wildman–Crippen LogP) is 6.16. The summed E-state index contributed by atoms with van der Waals surface area (Å²) in [7, 11) is 1.89. The summed E-state index contributed by atoms with van der Waals surface area (Å²) in [6, 6.07) is 20.7.